The van der Waals surface area contributed by atoms with Crippen molar-refractivity contribution in [3.05, 3.63) is 53.7 Å². The van der Waals surface area contributed by atoms with Gasteiger partial charge in [-0.3, -0.25) is 4.79 Å². The lowest BCUT2D eigenvalue weighted by atomic mass is 9.99. The standard InChI is InChI=1S/C21H25FN4O2/c1-4-19(27)25-11-16-20-17(9-10-23-16)26(24-21(20)28-18(22)12-25)15-7-5-14(6-8-15)13(2)3/h4-8,13,16,18,23H,1,9-12H2,2-3H3/t16-,18-/m1/s1. The number of carbonyl (C=O) groups is 1. The Morgan fingerprint density at radius 3 is 2.79 bits per heavy atom. The normalized spacial score (nSPS) is 21.5. The van der Waals surface area contributed by atoms with Crippen molar-refractivity contribution in [2.24, 2.45) is 0 Å². The van der Waals surface area contributed by atoms with Gasteiger partial charge in [-0.15, -0.1) is 5.10 Å². The summed E-state index contributed by atoms with van der Waals surface area (Å²) in [6.45, 7) is 8.78. The van der Waals surface area contributed by atoms with Gasteiger partial charge >= 0.3 is 0 Å². The van der Waals surface area contributed by atoms with E-state index in [-0.39, 0.29) is 18.5 Å². The fourth-order valence-electron chi connectivity index (χ4n) is 3.89. The molecule has 3 heterocycles. The maximum Gasteiger partial charge on any atom is 0.257 e. The number of nitrogens with zero attached hydrogens (tertiary/aromatic N) is 3. The summed E-state index contributed by atoms with van der Waals surface area (Å²) in [5.41, 5.74) is 4.01. The van der Waals surface area contributed by atoms with Crippen LogP contribution in [0.2, 0.25) is 0 Å². The maximum atomic E-state index is 14.5. The molecule has 0 spiro atoms. The van der Waals surface area contributed by atoms with Crippen molar-refractivity contribution < 1.29 is 13.9 Å². The van der Waals surface area contributed by atoms with Gasteiger partial charge in [0.2, 0.25) is 11.8 Å². The summed E-state index contributed by atoms with van der Waals surface area (Å²) in [5, 5.41) is 8.00. The van der Waals surface area contributed by atoms with Crippen molar-refractivity contribution in [1.82, 2.24) is 20.0 Å². The Labute approximate surface area is 164 Å². The second-order valence-corrected chi connectivity index (χ2v) is 7.56. The number of rotatable bonds is 3. The quantitative estimate of drug-likeness (QED) is 0.827. The van der Waals surface area contributed by atoms with E-state index in [1.807, 2.05) is 16.8 Å². The fourth-order valence-corrected chi connectivity index (χ4v) is 3.89. The molecule has 0 bridgehead atoms. The van der Waals surface area contributed by atoms with E-state index in [0.29, 0.717) is 18.3 Å². The van der Waals surface area contributed by atoms with Gasteiger partial charge < -0.3 is 15.0 Å². The first kappa shape index (κ1) is 18.7. The Balaban J connectivity index is 1.75. The minimum Gasteiger partial charge on any atom is -0.440 e. The Kier molecular flexibility index (Phi) is 4.93. The molecule has 0 unspecified atom stereocenters. The van der Waals surface area contributed by atoms with Crippen molar-refractivity contribution in [3.63, 3.8) is 0 Å². The topological polar surface area (TPSA) is 59.4 Å². The number of hydrogen-bond acceptors (Lipinski definition) is 4. The third-order valence-corrected chi connectivity index (χ3v) is 5.39. The molecule has 1 aromatic heterocycles. The van der Waals surface area contributed by atoms with Crippen molar-refractivity contribution in [1.29, 1.82) is 0 Å². The number of ether oxygens (including phenoxy) is 1. The van der Waals surface area contributed by atoms with Crippen molar-refractivity contribution in [2.75, 3.05) is 19.6 Å². The lowest BCUT2D eigenvalue weighted by molar-refractivity contribution is -0.129. The third-order valence-electron chi connectivity index (χ3n) is 5.39. The number of carbonyl (C=O) groups excluding carboxylic acids is 1. The zero-order chi connectivity index (χ0) is 19.8. The number of hydrogen-bond donors (Lipinski definition) is 1. The Morgan fingerprint density at radius 2 is 2.11 bits per heavy atom. The van der Waals surface area contributed by atoms with Gasteiger partial charge in [0.1, 0.15) is 0 Å². The molecule has 28 heavy (non-hydrogen) atoms. The molecule has 0 saturated heterocycles. The van der Waals surface area contributed by atoms with Gasteiger partial charge in [-0.1, -0.05) is 32.6 Å². The first-order chi connectivity index (χ1) is 13.5. The predicted molar refractivity (Wildman–Crippen MR) is 104 cm³/mol. The molecular formula is C21H25FN4O2. The van der Waals surface area contributed by atoms with E-state index in [9.17, 15) is 9.18 Å². The average molecular weight is 384 g/mol. The van der Waals surface area contributed by atoms with Gasteiger partial charge in [0.05, 0.1) is 29.5 Å². The largest absolute Gasteiger partial charge is 0.440 e. The summed E-state index contributed by atoms with van der Waals surface area (Å²) in [7, 11) is 0. The molecule has 2 aromatic rings. The van der Waals surface area contributed by atoms with Crippen LogP contribution in [-0.4, -0.2) is 46.6 Å². The second-order valence-electron chi connectivity index (χ2n) is 7.56. The van der Waals surface area contributed by atoms with E-state index in [0.717, 1.165) is 29.9 Å². The molecule has 0 fully saturated rings. The maximum absolute atomic E-state index is 14.5. The highest BCUT2D eigenvalue weighted by Crippen LogP contribution is 2.36. The van der Waals surface area contributed by atoms with Crippen LogP contribution in [0.25, 0.3) is 5.69 Å². The molecule has 1 N–H and O–H groups in total. The minimum absolute atomic E-state index is 0.145. The van der Waals surface area contributed by atoms with Gasteiger partial charge in [0.25, 0.3) is 6.36 Å². The average Bonchev–Trinajstić information content (AvgIpc) is 3.04. The zero-order valence-corrected chi connectivity index (χ0v) is 16.2. The molecule has 2 atom stereocenters. The Bertz CT molecular complexity index is 891. The van der Waals surface area contributed by atoms with Crippen LogP contribution < -0.4 is 10.1 Å². The molecule has 1 aromatic carbocycles. The van der Waals surface area contributed by atoms with Crippen LogP contribution >= 0.6 is 0 Å². The summed E-state index contributed by atoms with van der Waals surface area (Å²) in [6.07, 6.45) is 0.321. The number of halogens is 1. The molecule has 4 rings (SSSR count). The number of benzene rings is 1. The van der Waals surface area contributed by atoms with Crippen LogP contribution in [0.15, 0.2) is 36.9 Å². The summed E-state index contributed by atoms with van der Waals surface area (Å²) in [5.74, 6) is 0.446. The van der Waals surface area contributed by atoms with Crippen LogP contribution in [0.5, 0.6) is 5.88 Å². The SMILES string of the molecule is C=CC(=O)N1C[C@H](F)Oc2nn(-c3ccc(C(C)C)cc3)c3c2[C@@H](C1)NCC3. The van der Waals surface area contributed by atoms with E-state index >= 15 is 0 Å². The summed E-state index contributed by atoms with van der Waals surface area (Å²) in [6, 6.07) is 8.09. The van der Waals surface area contributed by atoms with Crippen molar-refractivity contribution in [3.8, 4) is 11.6 Å². The smallest absolute Gasteiger partial charge is 0.257 e. The van der Waals surface area contributed by atoms with Crippen molar-refractivity contribution in [2.45, 2.75) is 38.6 Å². The van der Waals surface area contributed by atoms with Gasteiger partial charge in [-0.25, -0.2) is 4.68 Å². The Hall–Kier alpha value is -2.67. The molecule has 148 valence electrons. The first-order valence-electron chi connectivity index (χ1n) is 9.65. The van der Waals surface area contributed by atoms with E-state index in [4.69, 9.17) is 4.74 Å². The molecule has 6 nitrogen and oxygen atoms in total. The lowest BCUT2D eigenvalue weighted by Gasteiger charge is -2.33. The molecule has 7 heteroatoms. The number of alkyl halides is 1. The van der Waals surface area contributed by atoms with Crippen LogP contribution in [-0.2, 0) is 11.2 Å². The number of nitrogens with one attached hydrogen (secondary N) is 1. The molecule has 1 amide bonds. The van der Waals surface area contributed by atoms with E-state index in [1.165, 1.54) is 16.5 Å². The highest BCUT2D eigenvalue weighted by atomic mass is 19.1. The van der Waals surface area contributed by atoms with Crippen LogP contribution in [0.4, 0.5) is 4.39 Å². The lowest BCUT2D eigenvalue weighted by Crippen LogP contribution is -2.46. The molecule has 0 radical (unpaired) electrons. The number of amides is 1. The predicted octanol–water partition coefficient (Wildman–Crippen LogP) is 2.89. The highest BCUT2D eigenvalue weighted by Gasteiger charge is 2.35. The molecule has 2 aliphatic rings. The minimum atomic E-state index is -1.64. The van der Waals surface area contributed by atoms with Crippen LogP contribution in [0.1, 0.15) is 42.6 Å². The van der Waals surface area contributed by atoms with Gasteiger partial charge in [0.15, 0.2) is 0 Å². The Morgan fingerprint density at radius 1 is 1.36 bits per heavy atom. The second kappa shape index (κ2) is 7.39. The summed E-state index contributed by atoms with van der Waals surface area (Å²) < 4.78 is 21.8. The van der Waals surface area contributed by atoms with Gasteiger partial charge in [0, 0.05) is 19.5 Å². The van der Waals surface area contributed by atoms with Crippen LogP contribution in [0, 0.1) is 0 Å². The fraction of sp³-hybridized carbons (Fsp3) is 0.429. The molecular weight excluding hydrogens is 359 g/mol. The van der Waals surface area contributed by atoms with E-state index in [2.05, 4.69) is 43.0 Å². The van der Waals surface area contributed by atoms with E-state index in [1.54, 1.807) is 0 Å². The van der Waals surface area contributed by atoms with Gasteiger partial charge in [-0.2, -0.15) is 4.39 Å². The monoisotopic (exact) mass is 384 g/mol. The molecule has 2 aliphatic heterocycles. The summed E-state index contributed by atoms with van der Waals surface area (Å²) >= 11 is 0. The third kappa shape index (κ3) is 3.30. The molecule has 0 aliphatic carbocycles. The highest BCUT2D eigenvalue weighted by molar-refractivity contribution is 5.87. The van der Waals surface area contributed by atoms with E-state index < -0.39 is 6.36 Å². The number of aromatic nitrogens is 2. The van der Waals surface area contributed by atoms with Crippen molar-refractivity contribution >= 4 is 5.91 Å². The first-order valence-corrected chi connectivity index (χ1v) is 9.65. The van der Waals surface area contributed by atoms with Gasteiger partial charge in [-0.05, 0) is 29.7 Å². The van der Waals surface area contributed by atoms with Crippen LogP contribution in [0.3, 0.4) is 0 Å². The zero-order valence-electron chi connectivity index (χ0n) is 16.2. The molecule has 0 saturated carbocycles. The summed E-state index contributed by atoms with van der Waals surface area (Å²) in [4.78, 5) is 13.5.